The molecule has 1 aliphatic heterocycles. The van der Waals surface area contributed by atoms with Crippen molar-refractivity contribution in [3.8, 4) is 0 Å². The molecule has 0 aromatic heterocycles. The summed E-state index contributed by atoms with van der Waals surface area (Å²) in [5, 5.41) is 0. The van der Waals surface area contributed by atoms with Gasteiger partial charge in [0.15, 0.2) is 0 Å². The lowest BCUT2D eigenvalue weighted by atomic mass is 9.84. The Morgan fingerprint density at radius 2 is 1.75 bits per heavy atom. The van der Waals surface area contributed by atoms with Gasteiger partial charge in [0.05, 0.1) is 11.7 Å². The van der Waals surface area contributed by atoms with Crippen molar-refractivity contribution in [2.24, 2.45) is 5.92 Å². The highest BCUT2D eigenvalue weighted by Crippen LogP contribution is 2.32. The molecule has 1 atom stereocenters. The molecular weight excluding hydrogens is 246 g/mol. The fourth-order valence-electron chi connectivity index (χ4n) is 3.53. The van der Waals surface area contributed by atoms with Crippen LogP contribution in [0, 0.1) is 5.92 Å². The Morgan fingerprint density at radius 1 is 1.15 bits per heavy atom. The Bertz CT molecular complexity index is 254. The Hall–Kier alpha value is -0.0800. The summed E-state index contributed by atoms with van der Waals surface area (Å²) in [4.78, 5) is 2.57. The van der Waals surface area contributed by atoms with Crippen LogP contribution in [0.25, 0.3) is 0 Å². The molecule has 0 amide bonds. The van der Waals surface area contributed by atoms with Gasteiger partial charge >= 0.3 is 0 Å². The lowest BCUT2D eigenvalue weighted by molar-refractivity contribution is -0.125. The van der Waals surface area contributed by atoms with Crippen molar-refractivity contribution < 1.29 is 4.74 Å². The van der Waals surface area contributed by atoms with Crippen molar-refractivity contribution in [2.45, 2.75) is 97.8 Å². The molecule has 1 heterocycles. The fraction of sp³-hybridized carbons (Fsp3) is 1.00. The summed E-state index contributed by atoms with van der Waals surface area (Å²) in [5.41, 5.74) is 0.0363. The molecule has 1 rings (SSSR count). The molecule has 0 radical (unpaired) electrons. The first-order valence-electron chi connectivity index (χ1n) is 8.82. The number of nitrogens with zero attached hydrogens (tertiary/aromatic N) is 1. The number of ether oxygens (including phenoxy) is 1. The van der Waals surface area contributed by atoms with Gasteiger partial charge in [-0.3, -0.25) is 0 Å². The van der Waals surface area contributed by atoms with Crippen molar-refractivity contribution in [1.82, 2.24) is 4.90 Å². The van der Waals surface area contributed by atoms with Gasteiger partial charge in [0.2, 0.25) is 0 Å². The second kappa shape index (κ2) is 8.38. The van der Waals surface area contributed by atoms with Crippen molar-refractivity contribution in [3.05, 3.63) is 0 Å². The molecule has 1 unspecified atom stereocenters. The molecule has 0 spiro atoms. The first-order valence-corrected chi connectivity index (χ1v) is 8.82. The quantitative estimate of drug-likeness (QED) is 0.630. The van der Waals surface area contributed by atoms with Crippen molar-refractivity contribution >= 4 is 0 Å². The molecule has 0 aromatic carbocycles. The third-order valence-electron chi connectivity index (χ3n) is 5.06. The summed E-state index contributed by atoms with van der Waals surface area (Å²) in [6.07, 6.45) is 8.03. The van der Waals surface area contributed by atoms with Gasteiger partial charge < -0.3 is 9.64 Å². The van der Waals surface area contributed by atoms with Gasteiger partial charge in [-0.2, -0.15) is 0 Å². The van der Waals surface area contributed by atoms with Crippen LogP contribution in [0.2, 0.25) is 0 Å². The lowest BCUT2D eigenvalue weighted by Crippen LogP contribution is -2.45. The predicted molar refractivity (Wildman–Crippen MR) is 88.2 cm³/mol. The highest BCUT2D eigenvalue weighted by Gasteiger charge is 2.33. The van der Waals surface area contributed by atoms with Crippen LogP contribution in [0.3, 0.4) is 0 Å². The van der Waals surface area contributed by atoms with E-state index in [-0.39, 0.29) is 5.60 Å². The van der Waals surface area contributed by atoms with Gasteiger partial charge in [-0.1, -0.05) is 33.1 Å². The van der Waals surface area contributed by atoms with Gasteiger partial charge in [-0.25, -0.2) is 0 Å². The first kappa shape index (κ1) is 18.0. The van der Waals surface area contributed by atoms with Crippen LogP contribution in [-0.2, 0) is 4.74 Å². The molecule has 2 nitrogen and oxygen atoms in total. The van der Waals surface area contributed by atoms with E-state index in [1.54, 1.807) is 0 Å². The summed E-state index contributed by atoms with van der Waals surface area (Å²) in [5.74, 6) is 0.700. The SMILES string of the molecule is CCCCC(CC)C(C)(C)OC1CCN(C(C)C)CC1. The molecule has 0 saturated carbocycles. The Kier molecular flexibility index (Phi) is 7.53. The van der Waals surface area contributed by atoms with Crippen LogP contribution in [0.5, 0.6) is 0 Å². The van der Waals surface area contributed by atoms with E-state index in [2.05, 4.69) is 46.4 Å². The zero-order valence-electron chi connectivity index (χ0n) is 14.7. The second-order valence-electron chi connectivity index (χ2n) is 7.30. The topological polar surface area (TPSA) is 12.5 Å². The molecule has 0 aromatic rings. The minimum absolute atomic E-state index is 0.0363. The Labute approximate surface area is 127 Å². The second-order valence-corrected chi connectivity index (χ2v) is 7.30. The molecular formula is C18H37NO. The zero-order valence-corrected chi connectivity index (χ0v) is 14.7. The van der Waals surface area contributed by atoms with E-state index in [4.69, 9.17) is 4.74 Å². The van der Waals surface area contributed by atoms with Crippen LogP contribution < -0.4 is 0 Å². The smallest absolute Gasteiger partial charge is 0.0658 e. The van der Waals surface area contributed by atoms with Crippen LogP contribution in [0.4, 0.5) is 0 Å². The molecule has 0 bridgehead atoms. The number of hydrogen-bond acceptors (Lipinski definition) is 2. The highest BCUT2D eigenvalue weighted by atomic mass is 16.5. The van der Waals surface area contributed by atoms with Crippen LogP contribution >= 0.6 is 0 Å². The van der Waals surface area contributed by atoms with Gasteiger partial charge in [0.25, 0.3) is 0 Å². The summed E-state index contributed by atoms with van der Waals surface area (Å²) in [6.45, 7) is 16.2. The minimum Gasteiger partial charge on any atom is -0.372 e. The fourth-order valence-corrected chi connectivity index (χ4v) is 3.53. The van der Waals surface area contributed by atoms with Crippen molar-refractivity contribution in [2.75, 3.05) is 13.1 Å². The number of piperidine rings is 1. The highest BCUT2D eigenvalue weighted by molar-refractivity contribution is 4.83. The number of hydrogen-bond donors (Lipinski definition) is 0. The standard InChI is InChI=1S/C18H37NO/c1-7-9-10-16(8-2)18(5,6)20-17-11-13-19(14-12-17)15(3)4/h15-17H,7-14H2,1-6H3. The third-order valence-corrected chi connectivity index (χ3v) is 5.06. The molecule has 1 saturated heterocycles. The molecule has 0 N–H and O–H groups in total. The van der Waals surface area contributed by atoms with E-state index in [0.29, 0.717) is 18.1 Å². The molecule has 120 valence electrons. The average Bonchev–Trinajstić information content (AvgIpc) is 2.39. The van der Waals surface area contributed by atoms with E-state index in [0.717, 1.165) is 0 Å². The maximum atomic E-state index is 6.53. The van der Waals surface area contributed by atoms with Crippen molar-refractivity contribution in [3.63, 3.8) is 0 Å². The van der Waals surface area contributed by atoms with Gasteiger partial charge in [-0.05, 0) is 52.9 Å². The minimum atomic E-state index is 0.0363. The van der Waals surface area contributed by atoms with Crippen LogP contribution in [-0.4, -0.2) is 35.7 Å². The molecule has 2 heteroatoms. The van der Waals surface area contributed by atoms with Gasteiger partial charge in [0.1, 0.15) is 0 Å². The maximum Gasteiger partial charge on any atom is 0.0658 e. The van der Waals surface area contributed by atoms with E-state index in [9.17, 15) is 0 Å². The molecule has 20 heavy (non-hydrogen) atoms. The summed E-state index contributed by atoms with van der Waals surface area (Å²) >= 11 is 0. The molecule has 0 aliphatic carbocycles. The summed E-state index contributed by atoms with van der Waals surface area (Å²) < 4.78 is 6.53. The van der Waals surface area contributed by atoms with Crippen LogP contribution in [0.15, 0.2) is 0 Å². The third kappa shape index (κ3) is 5.37. The first-order chi connectivity index (χ1) is 9.40. The van der Waals surface area contributed by atoms with E-state index in [1.165, 1.54) is 51.6 Å². The summed E-state index contributed by atoms with van der Waals surface area (Å²) in [6, 6.07) is 0.678. The number of unbranched alkanes of at least 4 members (excludes halogenated alkanes) is 1. The maximum absolute atomic E-state index is 6.53. The van der Waals surface area contributed by atoms with Crippen LogP contribution in [0.1, 0.15) is 80.1 Å². The number of rotatable bonds is 8. The van der Waals surface area contributed by atoms with Gasteiger partial charge in [-0.15, -0.1) is 0 Å². The van der Waals surface area contributed by atoms with E-state index < -0.39 is 0 Å². The average molecular weight is 284 g/mol. The van der Waals surface area contributed by atoms with E-state index >= 15 is 0 Å². The number of likely N-dealkylation sites (tertiary alicyclic amines) is 1. The lowest BCUT2D eigenvalue weighted by Gasteiger charge is -2.41. The van der Waals surface area contributed by atoms with Gasteiger partial charge in [0, 0.05) is 19.1 Å². The predicted octanol–water partition coefficient (Wildman–Crippen LogP) is 4.87. The Balaban J connectivity index is 2.45. The Morgan fingerprint density at radius 3 is 2.20 bits per heavy atom. The molecule has 1 aliphatic rings. The van der Waals surface area contributed by atoms with Crippen molar-refractivity contribution in [1.29, 1.82) is 0 Å². The summed E-state index contributed by atoms with van der Waals surface area (Å²) in [7, 11) is 0. The normalized spacial score (nSPS) is 20.6. The zero-order chi connectivity index (χ0) is 15.2. The monoisotopic (exact) mass is 283 g/mol. The molecule has 1 fully saturated rings. The largest absolute Gasteiger partial charge is 0.372 e. The van der Waals surface area contributed by atoms with E-state index in [1.807, 2.05) is 0 Å².